The molecule has 0 unspecified atom stereocenters. The Kier molecular flexibility index (Phi) is 13.9. The monoisotopic (exact) mass is 694 g/mol. The van der Waals surface area contributed by atoms with Crippen LogP contribution >= 0.6 is 0 Å². The summed E-state index contributed by atoms with van der Waals surface area (Å²) in [6.07, 6.45) is 1.49. The van der Waals surface area contributed by atoms with Crippen molar-refractivity contribution < 1.29 is 34.4 Å². The molecule has 4 aromatic rings. The van der Waals surface area contributed by atoms with E-state index in [1.165, 1.54) is 0 Å². The highest BCUT2D eigenvalue weighted by Crippen LogP contribution is 2.39. The molecule has 9 nitrogen and oxygen atoms in total. The first-order valence-electron chi connectivity index (χ1n) is 17.8. The number of ether oxygens (including phenoxy) is 2. The number of carbonyl (C=O) groups excluding carboxylic acids is 1. The molecule has 0 bridgehead atoms. The van der Waals surface area contributed by atoms with Crippen molar-refractivity contribution in [3.8, 4) is 11.1 Å². The highest BCUT2D eigenvalue weighted by molar-refractivity contribution is 5.76. The lowest BCUT2D eigenvalue weighted by atomic mass is 9.98. The molecule has 270 valence electrons. The molecule has 5 rings (SSSR count). The van der Waals surface area contributed by atoms with Gasteiger partial charge in [0.1, 0.15) is 0 Å². The fraction of sp³-hybridized carbons (Fsp3) is 0.381. The lowest BCUT2D eigenvalue weighted by Crippen LogP contribution is -2.43. The Morgan fingerprint density at radius 2 is 1.53 bits per heavy atom. The van der Waals surface area contributed by atoms with Crippen LogP contribution in [0, 0.1) is 0 Å². The van der Waals surface area contributed by atoms with Gasteiger partial charge in [-0.05, 0) is 66.3 Å². The second-order valence-electron chi connectivity index (χ2n) is 13.4. The van der Waals surface area contributed by atoms with E-state index in [0.29, 0.717) is 38.8 Å². The van der Waals surface area contributed by atoms with Crippen LogP contribution in [0.1, 0.15) is 91.8 Å². The van der Waals surface area contributed by atoms with Crippen LogP contribution in [0.25, 0.3) is 11.1 Å². The Bertz CT molecular complexity index is 1680. The van der Waals surface area contributed by atoms with Crippen LogP contribution in [0.2, 0.25) is 0 Å². The molecule has 0 aromatic heterocycles. The van der Waals surface area contributed by atoms with Gasteiger partial charge in [-0.25, -0.2) is 0 Å². The molecule has 1 fully saturated rings. The number of rotatable bonds is 17. The highest BCUT2D eigenvalue weighted by Gasteiger charge is 2.34. The summed E-state index contributed by atoms with van der Waals surface area (Å²) in [4.78, 5) is 25.1. The zero-order chi connectivity index (χ0) is 36.2. The van der Waals surface area contributed by atoms with Crippen LogP contribution in [0.4, 0.5) is 0 Å². The zero-order valence-corrected chi connectivity index (χ0v) is 29.5. The zero-order valence-electron chi connectivity index (χ0n) is 29.5. The second kappa shape index (κ2) is 18.7. The highest BCUT2D eigenvalue weighted by atomic mass is 16.7. The summed E-state index contributed by atoms with van der Waals surface area (Å²) in [7, 11) is 2.01. The van der Waals surface area contributed by atoms with Crippen LogP contribution in [-0.2, 0) is 32.2 Å². The fourth-order valence-corrected chi connectivity index (χ4v) is 6.41. The lowest BCUT2D eigenvalue weighted by Gasteiger charge is -2.39. The van der Waals surface area contributed by atoms with Crippen LogP contribution in [0.15, 0.2) is 103 Å². The maximum Gasteiger partial charge on any atom is 0.303 e. The van der Waals surface area contributed by atoms with Gasteiger partial charge in [-0.2, -0.15) is 0 Å². The molecule has 51 heavy (non-hydrogen) atoms. The molecule has 0 spiro atoms. The Hall–Kier alpha value is -4.38. The summed E-state index contributed by atoms with van der Waals surface area (Å²) < 4.78 is 13.2. The molecular formula is C42H50N2O7. The van der Waals surface area contributed by atoms with Crippen molar-refractivity contribution in [2.75, 3.05) is 13.6 Å². The first-order chi connectivity index (χ1) is 24.7. The average Bonchev–Trinajstić information content (AvgIpc) is 3.16. The molecule has 0 radical (unpaired) electrons. The summed E-state index contributed by atoms with van der Waals surface area (Å²) in [5, 5.41) is 32.4. The first kappa shape index (κ1) is 37.9. The van der Waals surface area contributed by atoms with Crippen molar-refractivity contribution in [1.82, 2.24) is 10.2 Å². The van der Waals surface area contributed by atoms with E-state index >= 15 is 0 Å². The Morgan fingerprint density at radius 3 is 2.24 bits per heavy atom. The molecule has 4 N–H and O–H groups in total. The number of nitrogens with zero attached hydrogens (tertiary/aromatic N) is 1. The molecule has 1 amide bonds. The second-order valence-corrected chi connectivity index (χ2v) is 13.4. The number of nitrogens with one attached hydrogen (secondary N) is 1. The van der Waals surface area contributed by atoms with Crippen molar-refractivity contribution in [3.05, 3.63) is 131 Å². The lowest BCUT2D eigenvalue weighted by molar-refractivity contribution is -0.253. The van der Waals surface area contributed by atoms with Gasteiger partial charge in [-0.15, -0.1) is 0 Å². The summed E-state index contributed by atoms with van der Waals surface area (Å²) in [6.45, 7) is 3.02. The van der Waals surface area contributed by atoms with E-state index < -0.39 is 18.4 Å². The molecule has 1 heterocycles. The van der Waals surface area contributed by atoms with Crippen LogP contribution in [0.5, 0.6) is 0 Å². The summed E-state index contributed by atoms with van der Waals surface area (Å²) >= 11 is 0. The van der Waals surface area contributed by atoms with Gasteiger partial charge in [-0.3, -0.25) is 14.5 Å². The number of carbonyl (C=O) groups is 2. The van der Waals surface area contributed by atoms with Crippen LogP contribution in [-0.4, -0.2) is 57.8 Å². The third-order valence-corrected chi connectivity index (χ3v) is 9.63. The maximum absolute atomic E-state index is 12.3. The predicted molar refractivity (Wildman–Crippen MR) is 196 cm³/mol. The van der Waals surface area contributed by atoms with Crippen molar-refractivity contribution in [2.45, 2.75) is 89.2 Å². The number of amides is 1. The minimum absolute atomic E-state index is 0.0198. The van der Waals surface area contributed by atoms with Crippen LogP contribution in [0.3, 0.4) is 0 Å². The SMILES string of the molecule is C[C@H]([C@@H](O)c1ccccc1)N(C)C[C@@H]1C[C@H](c2ccc(CO)cc2)O[C@H](c2ccc(-c3cccc(CNC(=O)CCCCCC(=O)O)c3)cc2)O1. The standard InChI is InChI=1S/C42H50N2O7/c1-29(41(49)34-11-5-3-6-12-34)44(2)27-37-25-38(33-18-16-30(28-45)17-19-33)51-42(50-37)35-22-20-32(21-23-35)36-13-9-10-31(24-36)26-43-39(46)14-7-4-8-15-40(47)48/h3,5-6,9-13,16-24,29,37-38,41-42,45,49H,4,7-8,14-15,25-28H2,1-2H3,(H,43,46)(H,47,48)/t29-,37+,38-,41-,42-/m1/s1. The topological polar surface area (TPSA) is 129 Å². The normalized spacial score (nSPS) is 18.6. The molecule has 1 aliphatic heterocycles. The van der Waals surface area contributed by atoms with E-state index in [2.05, 4.69) is 28.4 Å². The van der Waals surface area contributed by atoms with Gasteiger partial charge in [0.15, 0.2) is 6.29 Å². The smallest absolute Gasteiger partial charge is 0.303 e. The Balaban J connectivity index is 1.24. The Morgan fingerprint density at radius 1 is 0.824 bits per heavy atom. The van der Waals surface area contributed by atoms with Gasteiger partial charge in [0.25, 0.3) is 0 Å². The number of aliphatic hydroxyl groups excluding tert-OH is 2. The largest absolute Gasteiger partial charge is 0.481 e. The van der Waals surface area contributed by atoms with Gasteiger partial charge in [0.05, 0.1) is 24.9 Å². The molecule has 0 saturated carbocycles. The molecule has 0 aliphatic carbocycles. The number of carboxylic acid groups (broad SMARTS) is 1. The first-order valence-corrected chi connectivity index (χ1v) is 17.8. The maximum atomic E-state index is 12.3. The van der Waals surface area contributed by atoms with Gasteiger partial charge in [0, 0.05) is 44.0 Å². The average molecular weight is 695 g/mol. The van der Waals surface area contributed by atoms with Crippen molar-refractivity contribution >= 4 is 11.9 Å². The number of likely N-dealkylation sites (N-methyl/N-ethyl adjacent to an activating group) is 1. The van der Waals surface area contributed by atoms with E-state index in [0.717, 1.165) is 45.4 Å². The number of benzene rings is 4. The van der Waals surface area contributed by atoms with Crippen molar-refractivity contribution in [2.24, 2.45) is 0 Å². The van der Waals surface area contributed by atoms with E-state index in [9.17, 15) is 19.8 Å². The van der Waals surface area contributed by atoms with Gasteiger partial charge < -0.3 is 30.1 Å². The number of hydrogen-bond donors (Lipinski definition) is 4. The molecule has 1 saturated heterocycles. The van der Waals surface area contributed by atoms with Crippen molar-refractivity contribution in [1.29, 1.82) is 0 Å². The van der Waals surface area contributed by atoms with E-state index in [-0.39, 0.29) is 37.2 Å². The van der Waals surface area contributed by atoms with E-state index in [4.69, 9.17) is 14.6 Å². The number of aliphatic carboxylic acids is 1. The molecule has 1 aliphatic rings. The minimum Gasteiger partial charge on any atom is -0.481 e. The third kappa shape index (κ3) is 11.1. The van der Waals surface area contributed by atoms with Crippen LogP contribution < -0.4 is 5.32 Å². The van der Waals surface area contributed by atoms with Gasteiger partial charge >= 0.3 is 5.97 Å². The number of aliphatic hydroxyl groups is 2. The molecule has 5 atom stereocenters. The predicted octanol–water partition coefficient (Wildman–Crippen LogP) is 7.10. The van der Waals surface area contributed by atoms with Gasteiger partial charge in [-0.1, -0.05) is 103 Å². The fourth-order valence-electron chi connectivity index (χ4n) is 6.41. The summed E-state index contributed by atoms with van der Waals surface area (Å²) in [5.41, 5.74) is 6.67. The van der Waals surface area contributed by atoms with Crippen molar-refractivity contribution in [3.63, 3.8) is 0 Å². The third-order valence-electron chi connectivity index (χ3n) is 9.63. The molecule has 4 aromatic carbocycles. The summed E-state index contributed by atoms with van der Waals surface area (Å²) in [6, 6.07) is 33.6. The number of hydrogen-bond acceptors (Lipinski definition) is 7. The molecule has 9 heteroatoms. The molecular weight excluding hydrogens is 644 g/mol. The number of carboxylic acids is 1. The quantitative estimate of drug-likeness (QED) is 0.0863. The Labute approximate surface area is 300 Å². The van der Waals surface area contributed by atoms with E-state index in [1.807, 2.05) is 98.9 Å². The summed E-state index contributed by atoms with van der Waals surface area (Å²) in [5.74, 6) is -0.847. The van der Waals surface area contributed by atoms with E-state index in [1.54, 1.807) is 0 Å². The minimum atomic E-state index is -0.806. The van der Waals surface area contributed by atoms with Gasteiger partial charge in [0.2, 0.25) is 5.91 Å². The number of unbranched alkanes of at least 4 members (excludes halogenated alkanes) is 2.